The Balaban J connectivity index is 2.63. The van der Waals surface area contributed by atoms with Crippen LogP contribution in [0.3, 0.4) is 0 Å². The average Bonchev–Trinajstić information content (AvgIpc) is 2.23. The number of hydrogen-bond donors (Lipinski definition) is 1. The summed E-state index contributed by atoms with van der Waals surface area (Å²) in [7, 11) is 0. The molecule has 0 spiro atoms. The van der Waals surface area contributed by atoms with E-state index in [1.165, 1.54) is 31.2 Å². The van der Waals surface area contributed by atoms with E-state index in [4.69, 9.17) is 0 Å². The van der Waals surface area contributed by atoms with Crippen molar-refractivity contribution in [1.82, 2.24) is 0 Å². The van der Waals surface area contributed by atoms with E-state index in [-0.39, 0.29) is 0 Å². The second kappa shape index (κ2) is 5.79. The second-order valence-corrected chi connectivity index (χ2v) is 4.34. The lowest BCUT2D eigenvalue weighted by Crippen LogP contribution is -1.93. The number of benzene rings is 1. The quantitative estimate of drug-likeness (QED) is 0.718. The van der Waals surface area contributed by atoms with Crippen LogP contribution in [0.15, 0.2) is 12.1 Å². The van der Waals surface area contributed by atoms with Crippen molar-refractivity contribution in [2.24, 2.45) is 0 Å². The predicted molar refractivity (Wildman–Crippen MR) is 65.4 cm³/mol. The molecule has 84 valence electrons. The smallest absolute Gasteiger partial charge is 0.121 e. The molecule has 0 aliphatic rings. The first-order chi connectivity index (χ1) is 7.16. The van der Waals surface area contributed by atoms with Gasteiger partial charge in [-0.3, -0.25) is 0 Å². The lowest BCUT2D eigenvalue weighted by atomic mass is 9.98. The number of aryl methyl sites for hydroxylation is 2. The molecule has 1 N–H and O–H groups in total. The van der Waals surface area contributed by atoms with E-state index >= 15 is 0 Å². The summed E-state index contributed by atoms with van der Waals surface area (Å²) in [5.41, 5.74) is 3.35. The van der Waals surface area contributed by atoms with Crippen molar-refractivity contribution in [3.05, 3.63) is 28.8 Å². The van der Waals surface area contributed by atoms with E-state index < -0.39 is 0 Å². The highest BCUT2D eigenvalue weighted by atomic mass is 16.3. The van der Waals surface area contributed by atoms with Crippen LogP contribution in [0.1, 0.15) is 49.3 Å². The molecule has 1 rings (SSSR count). The van der Waals surface area contributed by atoms with Crippen molar-refractivity contribution < 1.29 is 5.11 Å². The van der Waals surface area contributed by atoms with E-state index in [2.05, 4.69) is 19.9 Å². The first-order valence-corrected chi connectivity index (χ1v) is 5.94. The van der Waals surface area contributed by atoms with Gasteiger partial charge in [-0.05, 0) is 43.4 Å². The Kier molecular flexibility index (Phi) is 4.67. The molecule has 0 amide bonds. The topological polar surface area (TPSA) is 20.2 Å². The fourth-order valence-corrected chi connectivity index (χ4v) is 1.90. The van der Waals surface area contributed by atoms with Gasteiger partial charge in [0.2, 0.25) is 0 Å². The van der Waals surface area contributed by atoms with Gasteiger partial charge in [0, 0.05) is 0 Å². The van der Waals surface area contributed by atoms with Crippen LogP contribution in [0, 0.1) is 13.8 Å². The van der Waals surface area contributed by atoms with Crippen LogP contribution in [0.4, 0.5) is 0 Å². The number of unbranched alkanes of at least 4 members (excludes halogenated alkanes) is 3. The van der Waals surface area contributed by atoms with Gasteiger partial charge < -0.3 is 5.11 Å². The minimum Gasteiger partial charge on any atom is -0.507 e. The molecule has 0 aliphatic carbocycles. The zero-order valence-electron chi connectivity index (χ0n) is 10.1. The van der Waals surface area contributed by atoms with Crippen molar-refractivity contribution in [2.75, 3.05) is 0 Å². The first kappa shape index (κ1) is 12.1. The highest BCUT2D eigenvalue weighted by Gasteiger charge is 2.06. The summed E-state index contributed by atoms with van der Waals surface area (Å²) in [6, 6.07) is 4.09. The lowest BCUT2D eigenvalue weighted by molar-refractivity contribution is 0.461. The fraction of sp³-hybridized carbons (Fsp3) is 0.571. The zero-order valence-corrected chi connectivity index (χ0v) is 10.1. The van der Waals surface area contributed by atoms with Crippen molar-refractivity contribution in [1.29, 1.82) is 0 Å². The van der Waals surface area contributed by atoms with Crippen molar-refractivity contribution in [3.63, 3.8) is 0 Å². The molecule has 0 fully saturated rings. The summed E-state index contributed by atoms with van der Waals surface area (Å²) in [5.74, 6) is 0.506. The summed E-state index contributed by atoms with van der Waals surface area (Å²) in [6.45, 7) is 6.26. The highest BCUT2D eigenvalue weighted by Crippen LogP contribution is 2.26. The molecule has 0 saturated carbocycles. The number of phenols is 1. The van der Waals surface area contributed by atoms with Crippen LogP contribution >= 0.6 is 0 Å². The van der Waals surface area contributed by atoms with Crippen LogP contribution in [0.5, 0.6) is 5.75 Å². The van der Waals surface area contributed by atoms with Crippen molar-refractivity contribution in [2.45, 2.75) is 52.9 Å². The Labute approximate surface area is 93.1 Å². The third kappa shape index (κ3) is 3.26. The maximum absolute atomic E-state index is 9.93. The van der Waals surface area contributed by atoms with Gasteiger partial charge in [-0.1, -0.05) is 38.3 Å². The summed E-state index contributed by atoms with van der Waals surface area (Å²) >= 11 is 0. The fourth-order valence-electron chi connectivity index (χ4n) is 1.90. The molecule has 0 aliphatic heterocycles. The molecule has 0 aromatic heterocycles. The summed E-state index contributed by atoms with van der Waals surface area (Å²) in [6.07, 6.45) is 6.03. The summed E-state index contributed by atoms with van der Waals surface area (Å²) < 4.78 is 0. The van der Waals surface area contributed by atoms with E-state index in [9.17, 15) is 5.11 Å². The van der Waals surface area contributed by atoms with Gasteiger partial charge in [0.25, 0.3) is 0 Å². The largest absolute Gasteiger partial charge is 0.507 e. The number of rotatable bonds is 5. The van der Waals surface area contributed by atoms with Gasteiger partial charge in [-0.15, -0.1) is 0 Å². The molecule has 15 heavy (non-hydrogen) atoms. The third-order valence-corrected chi connectivity index (χ3v) is 3.00. The Morgan fingerprint density at radius 3 is 2.33 bits per heavy atom. The SMILES string of the molecule is CCCCCCc1c(C)ccc(C)c1O. The van der Waals surface area contributed by atoms with Crippen LogP contribution in [-0.4, -0.2) is 5.11 Å². The van der Waals surface area contributed by atoms with Gasteiger partial charge in [-0.2, -0.15) is 0 Å². The molecular weight excluding hydrogens is 184 g/mol. The summed E-state index contributed by atoms with van der Waals surface area (Å²) in [4.78, 5) is 0. The lowest BCUT2D eigenvalue weighted by Gasteiger charge is -2.10. The van der Waals surface area contributed by atoms with Gasteiger partial charge in [0.15, 0.2) is 0 Å². The molecule has 1 heteroatoms. The van der Waals surface area contributed by atoms with Gasteiger partial charge in [0.05, 0.1) is 0 Å². The van der Waals surface area contributed by atoms with Crippen molar-refractivity contribution in [3.8, 4) is 5.75 Å². The van der Waals surface area contributed by atoms with E-state index in [1.807, 2.05) is 13.0 Å². The minimum absolute atomic E-state index is 0.506. The molecular formula is C14H22O. The minimum atomic E-state index is 0.506. The number of hydrogen-bond acceptors (Lipinski definition) is 1. The van der Waals surface area contributed by atoms with Crippen LogP contribution in [0.2, 0.25) is 0 Å². The standard InChI is InChI=1S/C14H22O/c1-4-5-6-7-8-13-11(2)9-10-12(3)14(13)15/h9-10,15H,4-8H2,1-3H3. The molecule has 1 aromatic carbocycles. The van der Waals surface area contributed by atoms with Crippen LogP contribution in [0.25, 0.3) is 0 Å². The maximum Gasteiger partial charge on any atom is 0.121 e. The molecule has 0 atom stereocenters. The molecule has 0 radical (unpaired) electrons. The predicted octanol–water partition coefficient (Wildman–Crippen LogP) is 4.13. The first-order valence-electron chi connectivity index (χ1n) is 5.94. The molecule has 1 nitrogen and oxygen atoms in total. The highest BCUT2D eigenvalue weighted by molar-refractivity contribution is 5.44. The normalized spacial score (nSPS) is 10.6. The Hall–Kier alpha value is -0.980. The number of phenolic OH excluding ortho intramolecular Hbond substituents is 1. The average molecular weight is 206 g/mol. The molecule has 0 unspecified atom stereocenters. The van der Waals surface area contributed by atoms with Gasteiger partial charge >= 0.3 is 0 Å². The van der Waals surface area contributed by atoms with Crippen molar-refractivity contribution >= 4 is 0 Å². The number of aromatic hydroxyl groups is 1. The Morgan fingerprint density at radius 2 is 1.67 bits per heavy atom. The van der Waals surface area contributed by atoms with Crippen LogP contribution < -0.4 is 0 Å². The third-order valence-electron chi connectivity index (χ3n) is 3.00. The van der Waals surface area contributed by atoms with E-state index in [0.717, 1.165) is 17.5 Å². The Morgan fingerprint density at radius 1 is 1.00 bits per heavy atom. The van der Waals surface area contributed by atoms with Gasteiger partial charge in [-0.25, -0.2) is 0 Å². The second-order valence-electron chi connectivity index (χ2n) is 4.34. The monoisotopic (exact) mass is 206 g/mol. The summed E-state index contributed by atoms with van der Waals surface area (Å²) in [5, 5.41) is 9.93. The zero-order chi connectivity index (χ0) is 11.3. The molecule has 1 aromatic rings. The van der Waals surface area contributed by atoms with E-state index in [1.54, 1.807) is 0 Å². The maximum atomic E-state index is 9.93. The van der Waals surface area contributed by atoms with Crippen LogP contribution in [-0.2, 0) is 6.42 Å². The molecule has 0 heterocycles. The molecule has 0 bridgehead atoms. The molecule has 0 saturated heterocycles. The Bertz CT molecular complexity index is 315. The van der Waals surface area contributed by atoms with E-state index in [0.29, 0.717) is 5.75 Å². The van der Waals surface area contributed by atoms with Gasteiger partial charge in [0.1, 0.15) is 5.75 Å².